The fourth-order valence-corrected chi connectivity index (χ4v) is 3.81. The van der Waals surface area contributed by atoms with E-state index >= 15 is 0 Å². The van der Waals surface area contributed by atoms with Crippen molar-refractivity contribution in [1.29, 1.82) is 0 Å². The number of benzene rings is 2. The number of nitrogens with one attached hydrogen (secondary N) is 1. The van der Waals surface area contributed by atoms with Crippen molar-refractivity contribution in [3.05, 3.63) is 71.6 Å². The summed E-state index contributed by atoms with van der Waals surface area (Å²) >= 11 is 0. The van der Waals surface area contributed by atoms with E-state index in [4.69, 9.17) is 4.52 Å². The monoisotopic (exact) mass is 426 g/mol. The first-order valence-electron chi connectivity index (χ1n) is 10.4. The standard InChI is InChI=1S/C23H24F2N4O2/c1-15(22(30)26-13-16-7-9-19(24)10-8-16)29-11-3-5-18(14-29)23-27-21(28-31-23)17-4-2-6-20(25)12-17/h2,4,6-10,12,15,18H,3,5,11,13-14H2,1H3,(H,26,30). The Morgan fingerprint density at radius 2 is 2.03 bits per heavy atom. The van der Waals surface area contributed by atoms with Gasteiger partial charge in [-0.25, -0.2) is 8.78 Å². The van der Waals surface area contributed by atoms with E-state index in [0.717, 1.165) is 24.9 Å². The lowest BCUT2D eigenvalue weighted by Crippen LogP contribution is -2.48. The molecule has 4 rings (SSSR count). The summed E-state index contributed by atoms with van der Waals surface area (Å²) in [4.78, 5) is 19.2. The van der Waals surface area contributed by atoms with Gasteiger partial charge in [0.2, 0.25) is 17.6 Å². The number of hydrogen-bond donors (Lipinski definition) is 1. The lowest BCUT2D eigenvalue weighted by Gasteiger charge is -2.34. The Kier molecular flexibility index (Phi) is 6.36. The fraction of sp³-hybridized carbons (Fsp3) is 0.348. The zero-order chi connectivity index (χ0) is 21.8. The molecule has 2 unspecified atom stereocenters. The first-order valence-corrected chi connectivity index (χ1v) is 10.4. The van der Waals surface area contributed by atoms with Crippen molar-refractivity contribution >= 4 is 5.91 Å². The van der Waals surface area contributed by atoms with Crippen molar-refractivity contribution in [1.82, 2.24) is 20.4 Å². The molecule has 0 bridgehead atoms. The summed E-state index contributed by atoms with van der Waals surface area (Å²) in [6.07, 6.45) is 1.78. The topological polar surface area (TPSA) is 71.3 Å². The lowest BCUT2D eigenvalue weighted by molar-refractivity contribution is -0.126. The summed E-state index contributed by atoms with van der Waals surface area (Å²) in [7, 11) is 0. The summed E-state index contributed by atoms with van der Waals surface area (Å²) in [6.45, 7) is 3.64. The van der Waals surface area contributed by atoms with E-state index in [2.05, 4.69) is 20.4 Å². The molecule has 1 saturated heterocycles. The van der Waals surface area contributed by atoms with Crippen LogP contribution in [0.1, 0.15) is 37.1 Å². The van der Waals surface area contributed by atoms with Gasteiger partial charge < -0.3 is 9.84 Å². The fourth-order valence-electron chi connectivity index (χ4n) is 3.81. The van der Waals surface area contributed by atoms with Gasteiger partial charge in [-0.3, -0.25) is 9.69 Å². The highest BCUT2D eigenvalue weighted by atomic mass is 19.1. The molecule has 2 atom stereocenters. The van der Waals surface area contributed by atoms with Crippen LogP contribution in [0.5, 0.6) is 0 Å². The Labute approximate surface area is 179 Å². The Bertz CT molecular complexity index is 1040. The van der Waals surface area contributed by atoms with Gasteiger partial charge in [0.25, 0.3) is 0 Å². The minimum Gasteiger partial charge on any atom is -0.351 e. The highest BCUT2D eigenvalue weighted by Gasteiger charge is 2.31. The van der Waals surface area contributed by atoms with Crippen LogP contribution >= 0.6 is 0 Å². The molecule has 0 radical (unpaired) electrons. The SMILES string of the molecule is CC(C(=O)NCc1ccc(F)cc1)N1CCCC(c2nc(-c3cccc(F)c3)no2)C1. The minimum atomic E-state index is -0.354. The van der Waals surface area contributed by atoms with Crippen molar-refractivity contribution in [2.45, 2.75) is 38.3 Å². The molecule has 31 heavy (non-hydrogen) atoms. The Balaban J connectivity index is 1.36. The minimum absolute atomic E-state index is 0.0101. The third-order valence-corrected chi connectivity index (χ3v) is 5.63. The predicted octanol–water partition coefficient (Wildman–Crippen LogP) is 3.90. The number of nitrogens with zero attached hydrogens (tertiary/aromatic N) is 3. The summed E-state index contributed by atoms with van der Waals surface area (Å²) in [5, 5.41) is 6.91. The van der Waals surface area contributed by atoms with Crippen molar-refractivity contribution in [3.8, 4) is 11.4 Å². The van der Waals surface area contributed by atoms with Crippen LogP contribution < -0.4 is 5.32 Å². The number of likely N-dealkylation sites (tertiary alicyclic amines) is 1. The van der Waals surface area contributed by atoms with Gasteiger partial charge >= 0.3 is 0 Å². The molecule has 1 aliphatic rings. The number of carbonyl (C=O) groups excluding carboxylic acids is 1. The molecule has 162 valence electrons. The van der Waals surface area contributed by atoms with E-state index in [1.165, 1.54) is 24.3 Å². The number of amides is 1. The molecule has 8 heteroatoms. The van der Waals surface area contributed by atoms with Gasteiger partial charge in [0, 0.05) is 18.7 Å². The first kappa shape index (κ1) is 21.1. The predicted molar refractivity (Wildman–Crippen MR) is 111 cm³/mol. The third-order valence-electron chi connectivity index (χ3n) is 5.63. The molecule has 1 aromatic heterocycles. The van der Waals surface area contributed by atoms with Gasteiger partial charge in [-0.2, -0.15) is 4.98 Å². The maximum atomic E-state index is 13.5. The van der Waals surface area contributed by atoms with E-state index in [0.29, 0.717) is 30.4 Å². The summed E-state index contributed by atoms with van der Waals surface area (Å²) in [5.41, 5.74) is 1.41. The molecule has 2 aromatic carbocycles. The van der Waals surface area contributed by atoms with Crippen molar-refractivity contribution in [3.63, 3.8) is 0 Å². The van der Waals surface area contributed by atoms with Crippen LogP contribution in [-0.2, 0) is 11.3 Å². The molecule has 0 saturated carbocycles. The molecule has 0 aliphatic carbocycles. The van der Waals surface area contributed by atoms with Crippen LogP contribution in [0.4, 0.5) is 8.78 Å². The number of hydrogen-bond acceptors (Lipinski definition) is 5. The van der Waals surface area contributed by atoms with Crippen molar-refractivity contribution < 1.29 is 18.1 Å². The normalized spacial score (nSPS) is 18.0. The summed E-state index contributed by atoms with van der Waals surface area (Å²) in [5.74, 6) is 0.129. The van der Waals surface area contributed by atoms with E-state index in [9.17, 15) is 13.6 Å². The average Bonchev–Trinajstić information content (AvgIpc) is 3.28. The van der Waals surface area contributed by atoms with Gasteiger partial charge in [-0.1, -0.05) is 29.4 Å². The molecule has 2 heterocycles. The van der Waals surface area contributed by atoms with Gasteiger partial charge in [0.05, 0.1) is 12.0 Å². The Morgan fingerprint density at radius 3 is 2.81 bits per heavy atom. The zero-order valence-electron chi connectivity index (χ0n) is 17.2. The molecule has 1 N–H and O–H groups in total. The molecule has 3 aromatic rings. The van der Waals surface area contributed by atoms with E-state index < -0.39 is 0 Å². The molecular weight excluding hydrogens is 402 g/mol. The maximum Gasteiger partial charge on any atom is 0.237 e. The molecule has 1 fully saturated rings. The van der Waals surface area contributed by atoms with Gasteiger partial charge in [0.1, 0.15) is 11.6 Å². The van der Waals surface area contributed by atoms with Crippen LogP contribution in [-0.4, -0.2) is 40.1 Å². The largest absolute Gasteiger partial charge is 0.351 e. The average molecular weight is 426 g/mol. The second kappa shape index (κ2) is 9.34. The van der Waals surface area contributed by atoms with Gasteiger partial charge in [-0.15, -0.1) is 0 Å². The van der Waals surface area contributed by atoms with Gasteiger partial charge in [-0.05, 0) is 56.1 Å². The summed E-state index contributed by atoms with van der Waals surface area (Å²) < 4.78 is 32.0. The maximum absolute atomic E-state index is 13.5. The summed E-state index contributed by atoms with van der Waals surface area (Å²) in [6, 6.07) is 11.8. The van der Waals surface area contributed by atoms with Crippen LogP contribution in [0.15, 0.2) is 53.1 Å². The van der Waals surface area contributed by atoms with Crippen LogP contribution in [0.2, 0.25) is 0 Å². The quantitative estimate of drug-likeness (QED) is 0.647. The number of piperidine rings is 1. The second-order valence-electron chi connectivity index (χ2n) is 7.82. The van der Waals surface area contributed by atoms with Crippen LogP contribution in [0.25, 0.3) is 11.4 Å². The lowest BCUT2D eigenvalue weighted by atomic mass is 9.96. The number of halogens is 2. The van der Waals surface area contributed by atoms with E-state index in [-0.39, 0.29) is 29.5 Å². The number of rotatable bonds is 6. The van der Waals surface area contributed by atoms with Crippen molar-refractivity contribution in [2.75, 3.05) is 13.1 Å². The van der Waals surface area contributed by atoms with Crippen molar-refractivity contribution in [2.24, 2.45) is 0 Å². The Hall–Kier alpha value is -3.13. The zero-order valence-corrected chi connectivity index (χ0v) is 17.2. The van der Waals surface area contributed by atoms with Gasteiger partial charge in [0.15, 0.2) is 0 Å². The first-order chi connectivity index (χ1) is 15.0. The molecule has 1 aliphatic heterocycles. The Morgan fingerprint density at radius 1 is 1.23 bits per heavy atom. The molecular formula is C23H24F2N4O2. The van der Waals surface area contributed by atoms with E-state index in [1.54, 1.807) is 24.3 Å². The highest BCUT2D eigenvalue weighted by Crippen LogP contribution is 2.28. The molecule has 0 spiro atoms. The molecule has 6 nitrogen and oxygen atoms in total. The molecule has 1 amide bonds. The van der Waals surface area contributed by atoms with E-state index in [1.807, 2.05) is 6.92 Å². The second-order valence-corrected chi connectivity index (χ2v) is 7.82. The number of carbonyl (C=O) groups is 1. The van der Waals surface area contributed by atoms with Crippen LogP contribution in [0, 0.1) is 11.6 Å². The smallest absolute Gasteiger partial charge is 0.237 e. The number of aromatic nitrogens is 2. The van der Waals surface area contributed by atoms with Crippen LogP contribution in [0.3, 0.4) is 0 Å². The third kappa shape index (κ3) is 5.14. The highest BCUT2D eigenvalue weighted by molar-refractivity contribution is 5.81.